The first-order chi connectivity index (χ1) is 5.00. The van der Waals surface area contributed by atoms with Crippen LogP contribution in [0.4, 0.5) is 4.39 Å². The van der Waals surface area contributed by atoms with E-state index in [0.717, 1.165) is 19.3 Å². The zero-order chi connectivity index (χ0) is 8.28. The van der Waals surface area contributed by atoms with Crippen molar-refractivity contribution in [1.82, 2.24) is 0 Å². The number of alkyl halides is 3. The molecule has 2 rings (SSSR count). The lowest BCUT2D eigenvalue weighted by Crippen LogP contribution is -2.14. The smallest absolute Gasteiger partial charge is 0.193 e. The molecule has 0 heterocycles. The SMILES string of the molecule is C[C@]12CCC[C@H](Br)C1[C@@]2(F)Cl. The molecule has 0 spiro atoms. The van der Waals surface area contributed by atoms with Gasteiger partial charge in [0.25, 0.3) is 0 Å². The fourth-order valence-electron chi connectivity index (χ4n) is 2.40. The van der Waals surface area contributed by atoms with E-state index in [1.165, 1.54) is 0 Å². The summed E-state index contributed by atoms with van der Waals surface area (Å²) in [6, 6.07) is 0. The molecule has 3 heteroatoms. The lowest BCUT2D eigenvalue weighted by atomic mass is 9.90. The minimum atomic E-state index is -1.42. The predicted octanol–water partition coefficient (Wildman–Crippen LogP) is 3.47. The van der Waals surface area contributed by atoms with Crippen LogP contribution in [0.2, 0.25) is 0 Å². The Morgan fingerprint density at radius 1 is 1.64 bits per heavy atom. The highest BCUT2D eigenvalue weighted by Crippen LogP contribution is 2.74. The van der Waals surface area contributed by atoms with E-state index in [9.17, 15) is 4.39 Å². The summed E-state index contributed by atoms with van der Waals surface area (Å²) in [6.07, 6.45) is 3.11. The summed E-state index contributed by atoms with van der Waals surface area (Å²) in [5.41, 5.74) is -0.235. The van der Waals surface area contributed by atoms with Gasteiger partial charge in [-0.3, -0.25) is 0 Å². The fourth-order valence-corrected chi connectivity index (χ4v) is 4.37. The maximum Gasteiger partial charge on any atom is 0.193 e. The average molecular weight is 242 g/mol. The van der Waals surface area contributed by atoms with Crippen LogP contribution in [0, 0.1) is 11.3 Å². The average Bonchev–Trinajstić information content (AvgIpc) is 2.29. The van der Waals surface area contributed by atoms with Crippen LogP contribution in [0.15, 0.2) is 0 Å². The van der Waals surface area contributed by atoms with Gasteiger partial charge >= 0.3 is 0 Å². The van der Waals surface area contributed by atoms with Gasteiger partial charge in [0.2, 0.25) is 0 Å². The quantitative estimate of drug-likeness (QED) is 0.570. The topological polar surface area (TPSA) is 0 Å². The van der Waals surface area contributed by atoms with E-state index in [2.05, 4.69) is 15.9 Å². The third kappa shape index (κ3) is 0.859. The third-order valence-corrected chi connectivity index (χ3v) is 4.95. The Bertz CT molecular complexity index is 195. The summed E-state index contributed by atoms with van der Waals surface area (Å²) in [4.78, 5) is 0.295. The van der Waals surface area contributed by atoms with Crippen molar-refractivity contribution in [2.75, 3.05) is 0 Å². The van der Waals surface area contributed by atoms with Gasteiger partial charge in [-0.25, -0.2) is 4.39 Å². The minimum Gasteiger partial charge on any atom is -0.225 e. The number of fused-ring (bicyclic) bond motifs is 1. The molecule has 0 aliphatic heterocycles. The highest BCUT2D eigenvalue weighted by molar-refractivity contribution is 9.09. The Kier molecular flexibility index (Phi) is 1.61. The molecular weight excluding hydrogens is 230 g/mol. The molecule has 0 radical (unpaired) electrons. The molecule has 4 atom stereocenters. The van der Waals surface area contributed by atoms with Gasteiger partial charge in [0.05, 0.1) is 0 Å². The van der Waals surface area contributed by atoms with Crippen molar-refractivity contribution in [1.29, 1.82) is 0 Å². The molecule has 0 aromatic carbocycles. The van der Waals surface area contributed by atoms with Crippen LogP contribution in [-0.4, -0.2) is 9.96 Å². The van der Waals surface area contributed by atoms with Gasteiger partial charge in [0, 0.05) is 16.2 Å². The van der Waals surface area contributed by atoms with E-state index >= 15 is 0 Å². The van der Waals surface area contributed by atoms with Crippen molar-refractivity contribution < 1.29 is 4.39 Å². The number of hydrogen-bond acceptors (Lipinski definition) is 0. The highest BCUT2D eigenvalue weighted by Gasteiger charge is 2.77. The Hall–Kier alpha value is 0.700. The molecule has 0 aromatic heterocycles. The van der Waals surface area contributed by atoms with Crippen LogP contribution in [0.5, 0.6) is 0 Å². The molecule has 1 unspecified atom stereocenters. The largest absolute Gasteiger partial charge is 0.225 e. The Labute approximate surface area is 79.6 Å². The summed E-state index contributed by atoms with van der Waals surface area (Å²) in [6.45, 7) is 1.96. The van der Waals surface area contributed by atoms with Gasteiger partial charge in [-0.05, 0) is 12.8 Å². The summed E-state index contributed by atoms with van der Waals surface area (Å²) in [5.74, 6) is 0.0467. The van der Waals surface area contributed by atoms with Crippen LogP contribution in [-0.2, 0) is 0 Å². The summed E-state index contributed by atoms with van der Waals surface area (Å²) in [7, 11) is 0. The van der Waals surface area contributed by atoms with Gasteiger partial charge in [0.15, 0.2) is 5.13 Å². The van der Waals surface area contributed by atoms with E-state index in [0.29, 0.717) is 4.83 Å². The molecule has 0 amide bonds. The van der Waals surface area contributed by atoms with E-state index in [-0.39, 0.29) is 11.3 Å². The molecule has 0 aromatic rings. The van der Waals surface area contributed by atoms with Gasteiger partial charge in [-0.1, -0.05) is 40.9 Å². The maximum absolute atomic E-state index is 13.5. The van der Waals surface area contributed by atoms with Crippen molar-refractivity contribution in [3.8, 4) is 0 Å². The third-order valence-electron chi connectivity index (χ3n) is 3.29. The number of hydrogen-bond donors (Lipinski definition) is 0. The first-order valence-electron chi connectivity index (χ1n) is 4.02. The van der Waals surface area contributed by atoms with Crippen molar-refractivity contribution >= 4 is 27.5 Å². The van der Waals surface area contributed by atoms with E-state index in [1.807, 2.05) is 6.92 Å². The second kappa shape index (κ2) is 2.14. The van der Waals surface area contributed by atoms with Gasteiger partial charge < -0.3 is 0 Å². The monoisotopic (exact) mass is 240 g/mol. The second-order valence-electron chi connectivity index (χ2n) is 3.93. The normalized spacial score (nSPS) is 62.2. The predicted molar refractivity (Wildman–Crippen MR) is 47.9 cm³/mol. The zero-order valence-corrected chi connectivity index (χ0v) is 8.75. The van der Waals surface area contributed by atoms with Crippen molar-refractivity contribution in [3.05, 3.63) is 0 Å². The first kappa shape index (κ1) is 8.31. The molecule has 0 nitrogen and oxygen atoms in total. The summed E-state index contributed by atoms with van der Waals surface area (Å²) in [5, 5.41) is -1.42. The van der Waals surface area contributed by atoms with Crippen LogP contribution < -0.4 is 0 Å². The van der Waals surface area contributed by atoms with Crippen molar-refractivity contribution in [2.45, 2.75) is 36.1 Å². The molecule has 2 saturated carbocycles. The summed E-state index contributed by atoms with van der Waals surface area (Å²) < 4.78 is 13.5. The standard InChI is InChI=1S/C8H11BrClF/c1-7-4-2-3-5(9)6(7)8(7,10)11/h5-6H,2-4H2,1H3/t5-,6?,7-,8-/m0/s1. The molecule has 64 valence electrons. The van der Waals surface area contributed by atoms with Crippen LogP contribution in [0.25, 0.3) is 0 Å². The first-order valence-corrected chi connectivity index (χ1v) is 5.31. The van der Waals surface area contributed by atoms with Crippen molar-refractivity contribution in [2.24, 2.45) is 11.3 Å². The van der Waals surface area contributed by atoms with E-state index < -0.39 is 5.13 Å². The minimum absolute atomic E-state index is 0.0467. The maximum atomic E-state index is 13.5. The lowest BCUT2D eigenvalue weighted by Gasteiger charge is -2.19. The molecule has 0 N–H and O–H groups in total. The molecule has 11 heavy (non-hydrogen) atoms. The van der Waals surface area contributed by atoms with Crippen LogP contribution in [0.1, 0.15) is 26.2 Å². The molecule has 0 saturated heterocycles. The molecule has 0 bridgehead atoms. The summed E-state index contributed by atoms with van der Waals surface area (Å²) >= 11 is 9.23. The number of halogens is 3. The molecule has 2 aliphatic carbocycles. The Morgan fingerprint density at radius 3 is 2.73 bits per heavy atom. The molecule has 2 fully saturated rings. The number of rotatable bonds is 0. The highest BCUT2D eigenvalue weighted by atomic mass is 79.9. The lowest BCUT2D eigenvalue weighted by molar-refractivity contribution is 0.313. The molecular formula is C8H11BrClF. The Balaban J connectivity index is 2.23. The van der Waals surface area contributed by atoms with Gasteiger partial charge in [0.1, 0.15) is 0 Å². The fraction of sp³-hybridized carbons (Fsp3) is 1.00. The van der Waals surface area contributed by atoms with Gasteiger partial charge in [-0.2, -0.15) is 0 Å². The van der Waals surface area contributed by atoms with E-state index in [1.54, 1.807) is 0 Å². The van der Waals surface area contributed by atoms with E-state index in [4.69, 9.17) is 11.6 Å². The second-order valence-corrected chi connectivity index (χ2v) is 5.65. The van der Waals surface area contributed by atoms with Crippen molar-refractivity contribution in [3.63, 3.8) is 0 Å². The Morgan fingerprint density at radius 2 is 2.27 bits per heavy atom. The van der Waals surface area contributed by atoms with Crippen LogP contribution >= 0.6 is 27.5 Å². The zero-order valence-electron chi connectivity index (χ0n) is 6.41. The molecule has 2 aliphatic rings. The van der Waals surface area contributed by atoms with Gasteiger partial charge in [-0.15, -0.1) is 0 Å². The van der Waals surface area contributed by atoms with Crippen LogP contribution in [0.3, 0.4) is 0 Å².